The molecule has 0 bridgehead atoms. The number of amides is 1. The van der Waals surface area contributed by atoms with E-state index in [4.69, 9.17) is 10.5 Å². The van der Waals surface area contributed by atoms with Gasteiger partial charge in [-0.15, -0.1) is 11.3 Å². The molecule has 0 atom stereocenters. The van der Waals surface area contributed by atoms with Crippen LogP contribution in [0.25, 0.3) is 5.57 Å². The number of carbonyl (C=O) groups excluding carboxylic acids is 2. The lowest BCUT2D eigenvalue weighted by Gasteiger charge is -2.27. The van der Waals surface area contributed by atoms with Crippen molar-refractivity contribution in [2.24, 2.45) is 5.73 Å². The first-order chi connectivity index (χ1) is 13.5. The lowest BCUT2D eigenvalue weighted by atomic mass is 9.90. The molecule has 2 aromatic rings. The summed E-state index contributed by atoms with van der Waals surface area (Å²) in [5.74, 6) is -1.12. The quantitative estimate of drug-likeness (QED) is 0.810. The highest BCUT2D eigenvalue weighted by atomic mass is 32.1. The molecule has 1 amide bonds. The number of thiophene rings is 1. The molecule has 1 aromatic carbocycles. The highest BCUT2D eigenvalue weighted by Gasteiger charge is 2.26. The first-order valence-electron chi connectivity index (χ1n) is 9.60. The number of aryl methyl sites for hydroxylation is 2. The summed E-state index contributed by atoms with van der Waals surface area (Å²) in [5.41, 5.74) is 11.7. The molecule has 1 fully saturated rings. The van der Waals surface area contributed by atoms with E-state index in [0.717, 1.165) is 38.8 Å². The predicted octanol–water partition coefficient (Wildman–Crippen LogP) is 3.02. The van der Waals surface area contributed by atoms with Crippen molar-refractivity contribution in [3.05, 3.63) is 62.3 Å². The Kier molecular flexibility index (Phi) is 5.33. The Balaban J connectivity index is 1.78. The number of fused-ring (bicyclic) bond motifs is 2. The number of carbonyl (C=O) groups is 2. The molecule has 6 heteroatoms. The zero-order valence-electron chi connectivity index (χ0n) is 16.0. The molecule has 2 N–H and O–H groups in total. The molecule has 28 heavy (non-hydrogen) atoms. The van der Waals surface area contributed by atoms with Gasteiger partial charge in [-0.3, -0.25) is 4.79 Å². The maximum atomic E-state index is 12.4. The monoisotopic (exact) mass is 396 g/mol. The Morgan fingerprint density at radius 3 is 2.57 bits per heavy atom. The standard InChI is InChI=1S/C22H24N2O3S/c1-24-10-8-15(9-11-24)20-17-5-3-2-4-14(17)6-7-16-12-18(28-21(16)20)22(26)27-13-19(23)25/h2-5,12H,6-11,13H2,1H3,(H2,23,25). The molecule has 146 valence electrons. The minimum atomic E-state index is -0.644. The van der Waals surface area contributed by atoms with Gasteiger partial charge in [0.15, 0.2) is 6.61 Å². The molecule has 5 nitrogen and oxygen atoms in total. The third kappa shape index (κ3) is 3.75. The lowest BCUT2D eigenvalue weighted by Crippen LogP contribution is -2.26. The van der Waals surface area contributed by atoms with Crippen molar-refractivity contribution in [3.63, 3.8) is 0 Å². The molecule has 2 aliphatic rings. The van der Waals surface area contributed by atoms with E-state index in [-0.39, 0.29) is 6.61 Å². The van der Waals surface area contributed by atoms with Gasteiger partial charge in [0.1, 0.15) is 4.88 Å². The average molecular weight is 397 g/mol. The number of esters is 1. The third-order valence-corrected chi connectivity index (χ3v) is 6.65. The van der Waals surface area contributed by atoms with E-state index in [9.17, 15) is 9.59 Å². The summed E-state index contributed by atoms with van der Waals surface area (Å²) in [4.78, 5) is 27.4. The van der Waals surface area contributed by atoms with Crippen molar-refractivity contribution in [1.29, 1.82) is 0 Å². The molecule has 1 aromatic heterocycles. The second kappa shape index (κ2) is 7.89. The smallest absolute Gasteiger partial charge is 0.348 e. The number of piperidine rings is 1. The largest absolute Gasteiger partial charge is 0.451 e. The van der Waals surface area contributed by atoms with Gasteiger partial charge >= 0.3 is 5.97 Å². The molecule has 1 aliphatic heterocycles. The first-order valence-corrected chi connectivity index (χ1v) is 10.4. The molecule has 0 radical (unpaired) electrons. The van der Waals surface area contributed by atoms with Gasteiger partial charge < -0.3 is 15.4 Å². The molecule has 1 aliphatic carbocycles. The number of ether oxygens (including phenoxy) is 1. The van der Waals surface area contributed by atoms with E-state index in [2.05, 4.69) is 36.2 Å². The second-order valence-corrected chi connectivity index (χ2v) is 8.50. The van der Waals surface area contributed by atoms with Crippen molar-refractivity contribution in [2.45, 2.75) is 25.7 Å². The number of primary amides is 1. The number of nitrogens with zero attached hydrogens (tertiary/aromatic N) is 1. The van der Waals surface area contributed by atoms with E-state index < -0.39 is 11.9 Å². The van der Waals surface area contributed by atoms with Crippen LogP contribution in [0.4, 0.5) is 0 Å². The maximum absolute atomic E-state index is 12.4. The summed E-state index contributed by atoms with van der Waals surface area (Å²) < 4.78 is 5.04. The van der Waals surface area contributed by atoms with Crippen LogP contribution in [0, 0.1) is 0 Å². The Hall–Kier alpha value is -2.44. The molecule has 4 rings (SSSR count). The Morgan fingerprint density at radius 2 is 1.82 bits per heavy atom. The van der Waals surface area contributed by atoms with Gasteiger partial charge in [-0.25, -0.2) is 4.79 Å². The summed E-state index contributed by atoms with van der Waals surface area (Å²) >= 11 is 1.48. The van der Waals surface area contributed by atoms with Gasteiger partial charge in [-0.2, -0.15) is 0 Å². The second-order valence-electron chi connectivity index (χ2n) is 7.45. The predicted molar refractivity (Wildman–Crippen MR) is 110 cm³/mol. The summed E-state index contributed by atoms with van der Waals surface area (Å²) in [6.07, 6.45) is 3.92. The summed E-state index contributed by atoms with van der Waals surface area (Å²) in [7, 11) is 2.16. The topological polar surface area (TPSA) is 72.6 Å². The van der Waals surface area contributed by atoms with Gasteiger partial charge in [0.2, 0.25) is 0 Å². The molecular formula is C22H24N2O3S. The van der Waals surface area contributed by atoms with Crippen molar-refractivity contribution < 1.29 is 14.3 Å². The third-order valence-electron chi connectivity index (χ3n) is 5.48. The Morgan fingerprint density at radius 1 is 1.11 bits per heavy atom. The van der Waals surface area contributed by atoms with E-state index in [1.165, 1.54) is 44.1 Å². The molecular weight excluding hydrogens is 372 g/mol. The highest BCUT2D eigenvalue weighted by Crippen LogP contribution is 2.42. The van der Waals surface area contributed by atoms with Gasteiger partial charge in [0.25, 0.3) is 5.91 Å². The number of hydrogen-bond acceptors (Lipinski definition) is 5. The number of benzene rings is 1. The van der Waals surface area contributed by atoms with Crippen molar-refractivity contribution in [3.8, 4) is 0 Å². The van der Waals surface area contributed by atoms with Crippen LogP contribution in [-0.2, 0) is 22.4 Å². The lowest BCUT2D eigenvalue weighted by molar-refractivity contribution is -0.121. The zero-order valence-corrected chi connectivity index (χ0v) is 16.8. The van der Waals surface area contributed by atoms with Gasteiger partial charge in [-0.1, -0.05) is 29.8 Å². The molecule has 0 saturated carbocycles. The summed E-state index contributed by atoms with van der Waals surface area (Å²) in [6, 6.07) is 10.5. The average Bonchev–Trinajstić information content (AvgIpc) is 3.04. The van der Waals surface area contributed by atoms with Gasteiger partial charge in [-0.05, 0) is 61.1 Å². The Bertz CT molecular complexity index is 950. The molecule has 0 unspecified atom stereocenters. The molecule has 0 spiro atoms. The first kappa shape index (κ1) is 18.9. The fourth-order valence-corrected chi connectivity index (χ4v) is 5.21. The maximum Gasteiger partial charge on any atom is 0.348 e. The number of rotatable bonds is 3. The zero-order chi connectivity index (χ0) is 19.7. The van der Waals surface area contributed by atoms with Gasteiger partial charge in [0.05, 0.1) is 0 Å². The van der Waals surface area contributed by atoms with Crippen LogP contribution in [-0.4, -0.2) is 43.5 Å². The van der Waals surface area contributed by atoms with Crippen LogP contribution in [0.2, 0.25) is 0 Å². The van der Waals surface area contributed by atoms with Crippen LogP contribution in [0.5, 0.6) is 0 Å². The number of hydrogen-bond donors (Lipinski definition) is 1. The van der Waals surface area contributed by atoms with E-state index in [1.54, 1.807) is 0 Å². The minimum absolute atomic E-state index is 0.384. The molecule has 1 saturated heterocycles. The van der Waals surface area contributed by atoms with E-state index in [1.807, 2.05) is 6.07 Å². The van der Waals surface area contributed by atoms with Crippen LogP contribution in [0.15, 0.2) is 35.9 Å². The van der Waals surface area contributed by atoms with E-state index >= 15 is 0 Å². The SMILES string of the molecule is CN1CCC(=C2c3ccccc3CCc3cc(C(=O)OCC(N)=O)sc32)CC1. The van der Waals surface area contributed by atoms with Crippen LogP contribution >= 0.6 is 11.3 Å². The normalized spacial score (nSPS) is 16.9. The summed E-state index contributed by atoms with van der Waals surface area (Å²) in [6.45, 7) is 1.72. The van der Waals surface area contributed by atoms with E-state index in [0.29, 0.717) is 4.88 Å². The number of nitrogens with two attached hydrogens (primary N) is 1. The van der Waals surface area contributed by atoms with Crippen LogP contribution < -0.4 is 5.73 Å². The highest BCUT2D eigenvalue weighted by molar-refractivity contribution is 7.15. The fraction of sp³-hybridized carbons (Fsp3) is 0.364. The number of likely N-dealkylation sites (tertiary alicyclic amines) is 1. The van der Waals surface area contributed by atoms with Crippen molar-refractivity contribution in [1.82, 2.24) is 4.90 Å². The van der Waals surface area contributed by atoms with Crippen LogP contribution in [0.3, 0.4) is 0 Å². The Labute approximate surface area is 168 Å². The van der Waals surface area contributed by atoms with Crippen LogP contribution in [0.1, 0.15) is 44.1 Å². The minimum Gasteiger partial charge on any atom is -0.451 e. The summed E-state index contributed by atoms with van der Waals surface area (Å²) in [5, 5.41) is 0. The fourth-order valence-electron chi connectivity index (χ4n) is 4.00. The molecule has 2 heterocycles. The van der Waals surface area contributed by atoms with Gasteiger partial charge in [0, 0.05) is 18.0 Å². The van der Waals surface area contributed by atoms with Crippen molar-refractivity contribution >= 4 is 28.8 Å². The van der Waals surface area contributed by atoms with Crippen molar-refractivity contribution in [2.75, 3.05) is 26.7 Å².